The Morgan fingerprint density at radius 2 is 2.07 bits per heavy atom. The van der Waals surface area contributed by atoms with E-state index < -0.39 is 11.5 Å². The molecule has 1 aliphatic rings. The fourth-order valence-electron chi connectivity index (χ4n) is 3.62. The van der Waals surface area contributed by atoms with Gasteiger partial charge in [-0.25, -0.2) is 5.10 Å². The van der Waals surface area contributed by atoms with E-state index in [0.29, 0.717) is 22.7 Å². The zero-order valence-corrected chi connectivity index (χ0v) is 16.1. The van der Waals surface area contributed by atoms with Gasteiger partial charge in [0.05, 0.1) is 17.7 Å². The third kappa shape index (κ3) is 2.87. The number of aromatic nitrogens is 4. The molecule has 0 fully saturated rings. The Kier molecular flexibility index (Phi) is 4.06. The van der Waals surface area contributed by atoms with Gasteiger partial charge in [0, 0.05) is 5.56 Å². The molecule has 8 heteroatoms. The number of hydrogen-bond donors (Lipinski definition) is 3. The van der Waals surface area contributed by atoms with E-state index in [0.717, 1.165) is 16.7 Å². The van der Waals surface area contributed by atoms with Crippen LogP contribution in [0.5, 0.6) is 11.5 Å². The zero-order valence-electron chi connectivity index (χ0n) is 16.1. The summed E-state index contributed by atoms with van der Waals surface area (Å²) in [6.07, 6.45) is 0. The maximum Gasteiger partial charge on any atom is 0.255 e. The van der Waals surface area contributed by atoms with Gasteiger partial charge in [-0.1, -0.05) is 23.8 Å². The van der Waals surface area contributed by atoms with Crippen molar-refractivity contribution in [3.05, 3.63) is 52.3 Å². The monoisotopic (exact) mass is 379 g/mol. The molecular formula is C20H21N5O3. The maximum absolute atomic E-state index is 12.8. The van der Waals surface area contributed by atoms with Crippen LogP contribution in [0.15, 0.2) is 24.3 Å². The minimum absolute atomic E-state index is 0.0921. The average molecular weight is 379 g/mol. The topological polar surface area (TPSA) is 113 Å². The molecule has 1 aromatic heterocycles. The van der Waals surface area contributed by atoms with Gasteiger partial charge in [-0.3, -0.25) is 4.79 Å². The van der Waals surface area contributed by atoms with Crippen molar-refractivity contribution in [3.63, 3.8) is 0 Å². The number of aryl methyl sites for hydroxylation is 2. The summed E-state index contributed by atoms with van der Waals surface area (Å²) in [5, 5.41) is 27.1. The number of nitrogens with zero attached hydrogens (tertiary/aromatic N) is 3. The van der Waals surface area contributed by atoms with Crippen molar-refractivity contribution in [3.8, 4) is 22.6 Å². The molecular weight excluding hydrogens is 358 g/mol. The summed E-state index contributed by atoms with van der Waals surface area (Å²) in [7, 11) is 0. The molecule has 0 bridgehead atoms. The molecule has 28 heavy (non-hydrogen) atoms. The summed E-state index contributed by atoms with van der Waals surface area (Å²) in [4.78, 5) is 12.8. The van der Waals surface area contributed by atoms with Gasteiger partial charge in [0.2, 0.25) is 0 Å². The van der Waals surface area contributed by atoms with Gasteiger partial charge in [0.15, 0.2) is 5.82 Å². The summed E-state index contributed by atoms with van der Waals surface area (Å²) in [5.41, 5.74) is 3.72. The van der Waals surface area contributed by atoms with E-state index in [1.54, 1.807) is 13.0 Å². The highest BCUT2D eigenvalue weighted by Crippen LogP contribution is 2.51. The Balaban J connectivity index is 1.81. The van der Waals surface area contributed by atoms with Crippen molar-refractivity contribution in [2.45, 2.75) is 39.8 Å². The molecule has 0 saturated heterocycles. The second kappa shape index (κ2) is 6.33. The van der Waals surface area contributed by atoms with Crippen molar-refractivity contribution in [1.82, 2.24) is 25.9 Å². The number of H-pyrrole nitrogens is 1. The van der Waals surface area contributed by atoms with Crippen LogP contribution in [0.1, 0.15) is 46.7 Å². The van der Waals surface area contributed by atoms with E-state index in [4.69, 9.17) is 4.74 Å². The third-order valence-corrected chi connectivity index (χ3v) is 4.95. The van der Waals surface area contributed by atoms with Crippen LogP contribution in [0.2, 0.25) is 0 Å². The molecule has 0 spiro atoms. The Labute approximate surface area is 161 Å². The van der Waals surface area contributed by atoms with Crippen LogP contribution in [0.25, 0.3) is 11.1 Å². The zero-order chi connectivity index (χ0) is 20.1. The normalized spacial score (nSPS) is 14.0. The van der Waals surface area contributed by atoms with E-state index in [9.17, 15) is 9.90 Å². The molecule has 2 aromatic carbocycles. The Morgan fingerprint density at radius 3 is 2.79 bits per heavy atom. The number of amides is 1. The first-order chi connectivity index (χ1) is 13.3. The number of fused-ring (bicyclic) bond motifs is 3. The van der Waals surface area contributed by atoms with Crippen LogP contribution in [-0.4, -0.2) is 31.6 Å². The lowest BCUT2D eigenvalue weighted by Gasteiger charge is -2.36. The standard InChI is InChI=1S/C20H21N5O3/c1-10-5-6-13-12(7-10)17-14(28-20(13,3)4)8-11(2)16(18(17)26)19(27)21-9-15-22-24-25-23-15/h5-8,26H,9H2,1-4H3,(H,21,27)(H,22,23,24,25). The average Bonchev–Trinajstić information content (AvgIpc) is 3.12. The first-order valence-corrected chi connectivity index (χ1v) is 8.96. The fraction of sp³-hybridized carbons (Fsp3) is 0.300. The predicted octanol–water partition coefficient (Wildman–Crippen LogP) is 2.75. The van der Waals surface area contributed by atoms with E-state index in [1.165, 1.54) is 0 Å². The first-order valence-electron chi connectivity index (χ1n) is 8.96. The van der Waals surface area contributed by atoms with Crippen molar-refractivity contribution >= 4 is 5.91 Å². The number of ether oxygens (including phenoxy) is 1. The number of rotatable bonds is 3. The molecule has 8 nitrogen and oxygen atoms in total. The largest absolute Gasteiger partial charge is 0.506 e. The number of aromatic amines is 1. The van der Waals surface area contributed by atoms with Gasteiger partial charge in [-0.05, 0) is 55.3 Å². The highest BCUT2D eigenvalue weighted by Gasteiger charge is 2.36. The number of phenolic OH excluding ortho intramolecular Hbond substituents is 1. The van der Waals surface area contributed by atoms with Gasteiger partial charge < -0.3 is 15.2 Å². The summed E-state index contributed by atoms with van der Waals surface area (Å²) < 4.78 is 6.18. The lowest BCUT2D eigenvalue weighted by atomic mass is 9.83. The van der Waals surface area contributed by atoms with Crippen molar-refractivity contribution in [2.24, 2.45) is 0 Å². The molecule has 1 aliphatic heterocycles. The van der Waals surface area contributed by atoms with Crippen molar-refractivity contribution in [2.75, 3.05) is 0 Å². The highest BCUT2D eigenvalue weighted by atomic mass is 16.5. The molecule has 2 heterocycles. The number of hydrogen-bond acceptors (Lipinski definition) is 6. The smallest absolute Gasteiger partial charge is 0.255 e. The number of nitrogens with one attached hydrogen (secondary N) is 2. The minimum atomic E-state index is -0.544. The SMILES string of the molecule is Cc1ccc2c(c1)-c1c(cc(C)c(C(=O)NCc3nnn[nH]3)c1O)OC2(C)C. The van der Waals surface area contributed by atoms with E-state index >= 15 is 0 Å². The van der Waals surface area contributed by atoms with E-state index in [-0.39, 0.29) is 17.9 Å². The lowest BCUT2D eigenvalue weighted by Crippen LogP contribution is -2.30. The van der Waals surface area contributed by atoms with Crippen LogP contribution < -0.4 is 10.1 Å². The highest BCUT2D eigenvalue weighted by molar-refractivity contribution is 6.02. The van der Waals surface area contributed by atoms with Crippen molar-refractivity contribution < 1.29 is 14.6 Å². The lowest BCUT2D eigenvalue weighted by molar-refractivity contribution is 0.0945. The molecule has 144 valence electrons. The molecule has 0 unspecified atom stereocenters. The molecule has 0 aliphatic carbocycles. The van der Waals surface area contributed by atoms with Crippen molar-refractivity contribution in [1.29, 1.82) is 0 Å². The summed E-state index contributed by atoms with van der Waals surface area (Å²) in [5.74, 6) is 0.488. The van der Waals surface area contributed by atoms with Gasteiger partial charge in [0.25, 0.3) is 5.91 Å². The van der Waals surface area contributed by atoms with Gasteiger partial charge in [0.1, 0.15) is 17.1 Å². The Hall–Kier alpha value is -3.42. The predicted molar refractivity (Wildman–Crippen MR) is 102 cm³/mol. The number of carbonyl (C=O) groups excluding carboxylic acids is 1. The Morgan fingerprint density at radius 1 is 1.29 bits per heavy atom. The molecule has 0 atom stereocenters. The van der Waals surface area contributed by atoms with Crippen LogP contribution in [-0.2, 0) is 12.1 Å². The second-order valence-corrected chi connectivity index (χ2v) is 7.48. The molecule has 0 radical (unpaired) electrons. The number of carbonyl (C=O) groups is 1. The van der Waals surface area contributed by atoms with Gasteiger partial charge in [-0.15, -0.1) is 5.10 Å². The number of benzene rings is 2. The Bertz CT molecular complexity index is 1070. The van der Waals surface area contributed by atoms with E-state index in [1.807, 2.05) is 39.0 Å². The summed E-state index contributed by atoms with van der Waals surface area (Å²) in [6, 6.07) is 7.82. The minimum Gasteiger partial charge on any atom is -0.506 e. The van der Waals surface area contributed by atoms with Crippen LogP contribution >= 0.6 is 0 Å². The quantitative estimate of drug-likeness (QED) is 0.645. The van der Waals surface area contributed by atoms with E-state index in [2.05, 4.69) is 25.9 Å². The number of phenols is 1. The van der Waals surface area contributed by atoms with Crippen LogP contribution in [0, 0.1) is 13.8 Å². The maximum atomic E-state index is 12.8. The summed E-state index contributed by atoms with van der Waals surface area (Å²) in [6.45, 7) is 7.87. The fourth-order valence-corrected chi connectivity index (χ4v) is 3.62. The van der Waals surface area contributed by atoms with Crippen LogP contribution in [0.3, 0.4) is 0 Å². The molecule has 1 amide bonds. The molecule has 0 saturated carbocycles. The third-order valence-electron chi connectivity index (χ3n) is 4.95. The molecule has 3 aromatic rings. The first kappa shape index (κ1) is 18.0. The number of aromatic hydroxyl groups is 1. The summed E-state index contributed by atoms with van der Waals surface area (Å²) >= 11 is 0. The van der Waals surface area contributed by atoms with Crippen LogP contribution in [0.4, 0.5) is 0 Å². The number of tetrazole rings is 1. The van der Waals surface area contributed by atoms with Gasteiger partial charge in [-0.2, -0.15) is 0 Å². The van der Waals surface area contributed by atoms with Gasteiger partial charge >= 0.3 is 0 Å². The second-order valence-electron chi connectivity index (χ2n) is 7.48. The molecule has 4 rings (SSSR count). The molecule has 3 N–H and O–H groups in total.